The van der Waals surface area contributed by atoms with Crippen LogP contribution in [-0.2, 0) is 0 Å². The summed E-state index contributed by atoms with van der Waals surface area (Å²) >= 11 is 7.04. The van der Waals surface area contributed by atoms with Crippen molar-refractivity contribution in [2.24, 2.45) is 5.73 Å². The molecule has 0 saturated carbocycles. The summed E-state index contributed by atoms with van der Waals surface area (Å²) in [7, 11) is 0. The van der Waals surface area contributed by atoms with Crippen LogP contribution in [0.1, 0.15) is 0 Å². The number of nitrogens with zero attached hydrogens (tertiary/aromatic N) is 1. The molecule has 0 aromatic carbocycles. The van der Waals surface area contributed by atoms with Crippen LogP contribution in [0.2, 0.25) is 4.34 Å². The first-order valence-corrected chi connectivity index (χ1v) is 4.07. The maximum absolute atomic E-state index is 5.62. The summed E-state index contributed by atoms with van der Waals surface area (Å²) in [6.07, 6.45) is 1.62. The third kappa shape index (κ3) is 2.13. The average Bonchev–Trinajstić information content (AvgIpc) is 2.31. The summed E-state index contributed by atoms with van der Waals surface area (Å²) in [5.74, 6) is 0. The topological polar surface area (TPSA) is 50.9 Å². The number of thiazole rings is 1. The van der Waals surface area contributed by atoms with Gasteiger partial charge in [-0.25, -0.2) is 4.98 Å². The summed E-state index contributed by atoms with van der Waals surface area (Å²) in [5, 5.41) is 3.84. The molecule has 0 spiro atoms. The van der Waals surface area contributed by atoms with E-state index in [4.69, 9.17) is 17.3 Å². The Morgan fingerprint density at radius 1 is 1.80 bits per heavy atom. The van der Waals surface area contributed by atoms with Crippen LogP contribution in [-0.4, -0.2) is 18.1 Å². The summed E-state index contributed by atoms with van der Waals surface area (Å²) in [5.41, 5.74) is 5.26. The number of rotatable bonds is 3. The molecular formula is C5H8ClN3S. The van der Waals surface area contributed by atoms with Crippen molar-refractivity contribution in [3.05, 3.63) is 10.5 Å². The molecule has 10 heavy (non-hydrogen) atoms. The number of halogens is 1. The zero-order chi connectivity index (χ0) is 7.40. The molecule has 3 nitrogen and oxygen atoms in total. The molecule has 56 valence electrons. The minimum absolute atomic E-state index is 0.608. The normalized spacial score (nSPS) is 9.80. The van der Waals surface area contributed by atoms with Crippen molar-refractivity contribution in [2.45, 2.75) is 0 Å². The predicted molar refractivity (Wildman–Crippen MR) is 44.7 cm³/mol. The van der Waals surface area contributed by atoms with Crippen molar-refractivity contribution in [3.8, 4) is 0 Å². The lowest BCUT2D eigenvalue weighted by Gasteiger charge is -1.95. The van der Waals surface area contributed by atoms with Gasteiger partial charge in [0.25, 0.3) is 0 Å². The number of hydrogen-bond acceptors (Lipinski definition) is 4. The van der Waals surface area contributed by atoms with E-state index >= 15 is 0 Å². The molecule has 1 rings (SSSR count). The van der Waals surface area contributed by atoms with Crippen molar-refractivity contribution in [3.63, 3.8) is 0 Å². The Balaban J connectivity index is 2.42. The minimum atomic E-state index is 0.608. The molecule has 0 bridgehead atoms. The van der Waals surface area contributed by atoms with E-state index in [-0.39, 0.29) is 0 Å². The molecule has 1 heterocycles. The van der Waals surface area contributed by atoms with Crippen LogP contribution in [0, 0.1) is 0 Å². The minimum Gasteiger partial charge on any atom is -0.360 e. The molecule has 1 aromatic rings. The highest BCUT2D eigenvalue weighted by molar-refractivity contribution is 7.19. The lowest BCUT2D eigenvalue weighted by atomic mass is 10.7. The van der Waals surface area contributed by atoms with E-state index in [0.717, 1.165) is 11.7 Å². The van der Waals surface area contributed by atoms with Gasteiger partial charge in [-0.2, -0.15) is 0 Å². The average molecular weight is 178 g/mol. The Labute approximate surface area is 68.2 Å². The second kappa shape index (κ2) is 3.75. The molecule has 0 fully saturated rings. The molecule has 0 aliphatic carbocycles. The van der Waals surface area contributed by atoms with Gasteiger partial charge in [0.1, 0.15) is 4.34 Å². The highest BCUT2D eigenvalue weighted by atomic mass is 35.5. The van der Waals surface area contributed by atoms with Crippen molar-refractivity contribution >= 4 is 28.1 Å². The van der Waals surface area contributed by atoms with Gasteiger partial charge in [-0.3, -0.25) is 0 Å². The van der Waals surface area contributed by atoms with Crippen LogP contribution >= 0.6 is 22.9 Å². The van der Waals surface area contributed by atoms with Crippen LogP contribution in [0.3, 0.4) is 0 Å². The van der Waals surface area contributed by atoms with Gasteiger partial charge in [0.05, 0.1) is 6.20 Å². The number of nitrogens with two attached hydrogens (primary N) is 1. The van der Waals surface area contributed by atoms with E-state index in [9.17, 15) is 0 Å². The fourth-order valence-corrected chi connectivity index (χ4v) is 1.35. The van der Waals surface area contributed by atoms with E-state index < -0.39 is 0 Å². The zero-order valence-electron chi connectivity index (χ0n) is 5.30. The van der Waals surface area contributed by atoms with Crippen LogP contribution < -0.4 is 11.1 Å². The molecule has 3 N–H and O–H groups in total. The Morgan fingerprint density at radius 3 is 3.10 bits per heavy atom. The molecular weight excluding hydrogens is 170 g/mol. The van der Waals surface area contributed by atoms with Crippen molar-refractivity contribution in [1.29, 1.82) is 0 Å². The highest BCUT2D eigenvalue weighted by Gasteiger charge is 1.95. The maximum Gasteiger partial charge on any atom is 0.184 e. The lowest BCUT2D eigenvalue weighted by Crippen LogP contribution is -2.12. The first-order chi connectivity index (χ1) is 4.83. The Morgan fingerprint density at radius 2 is 2.60 bits per heavy atom. The predicted octanol–water partition coefficient (Wildman–Crippen LogP) is 1.17. The summed E-state index contributed by atoms with van der Waals surface area (Å²) < 4.78 is 0.694. The Kier molecular flexibility index (Phi) is 2.92. The van der Waals surface area contributed by atoms with Gasteiger partial charge in [0.2, 0.25) is 0 Å². The van der Waals surface area contributed by atoms with Crippen LogP contribution in [0.4, 0.5) is 5.13 Å². The molecule has 0 radical (unpaired) electrons. The molecule has 0 aliphatic heterocycles. The fraction of sp³-hybridized carbons (Fsp3) is 0.400. The smallest absolute Gasteiger partial charge is 0.184 e. The third-order valence-corrected chi connectivity index (χ3v) is 1.97. The van der Waals surface area contributed by atoms with Gasteiger partial charge < -0.3 is 11.1 Å². The second-order valence-corrected chi connectivity index (χ2v) is 3.35. The maximum atomic E-state index is 5.62. The van der Waals surface area contributed by atoms with Gasteiger partial charge in [-0.05, 0) is 0 Å². The highest BCUT2D eigenvalue weighted by Crippen LogP contribution is 2.21. The van der Waals surface area contributed by atoms with Crippen molar-refractivity contribution in [1.82, 2.24) is 4.98 Å². The largest absolute Gasteiger partial charge is 0.360 e. The monoisotopic (exact) mass is 177 g/mol. The first-order valence-electron chi connectivity index (χ1n) is 2.88. The van der Waals surface area contributed by atoms with E-state index in [0.29, 0.717) is 10.9 Å². The molecule has 0 saturated heterocycles. The molecule has 0 aliphatic rings. The summed E-state index contributed by atoms with van der Waals surface area (Å²) in [4.78, 5) is 3.97. The third-order valence-electron chi connectivity index (χ3n) is 0.898. The van der Waals surface area contributed by atoms with Gasteiger partial charge in [0, 0.05) is 13.1 Å². The summed E-state index contributed by atoms with van der Waals surface area (Å²) in [6.45, 7) is 1.35. The number of hydrogen-bond donors (Lipinski definition) is 2. The van der Waals surface area contributed by atoms with Crippen LogP contribution in [0.15, 0.2) is 6.20 Å². The molecule has 0 unspecified atom stereocenters. The molecule has 0 amide bonds. The lowest BCUT2D eigenvalue weighted by molar-refractivity contribution is 1.02. The number of aromatic nitrogens is 1. The molecule has 1 aromatic heterocycles. The zero-order valence-corrected chi connectivity index (χ0v) is 6.87. The Bertz CT molecular complexity index is 201. The fourth-order valence-electron chi connectivity index (χ4n) is 0.515. The SMILES string of the molecule is NCCNc1ncc(Cl)s1. The van der Waals surface area contributed by atoms with E-state index in [1.807, 2.05) is 0 Å². The van der Waals surface area contributed by atoms with E-state index in [1.165, 1.54) is 11.3 Å². The Hall–Kier alpha value is -0.320. The van der Waals surface area contributed by atoms with E-state index in [1.54, 1.807) is 6.20 Å². The van der Waals surface area contributed by atoms with E-state index in [2.05, 4.69) is 10.3 Å². The van der Waals surface area contributed by atoms with Crippen molar-refractivity contribution in [2.75, 3.05) is 18.4 Å². The summed E-state index contributed by atoms with van der Waals surface area (Å²) in [6, 6.07) is 0. The second-order valence-electron chi connectivity index (χ2n) is 1.68. The van der Waals surface area contributed by atoms with Gasteiger partial charge >= 0.3 is 0 Å². The number of nitrogens with one attached hydrogen (secondary N) is 1. The molecule has 5 heteroatoms. The van der Waals surface area contributed by atoms with Crippen LogP contribution in [0.5, 0.6) is 0 Å². The number of anilines is 1. The van der Waals surface area contributed by atoms with Crippen molar-refractivity contribution < 1.29 is 0 Å². The van der Waals surface area contributed by atoms with Gasteiger partial charge in [-0.1, -0.05) is 22.9 Å². The quantitative estimate of drug-likeness (QED) is 0.729. The van der Waals surface area contributed by atoms with Crippen LogP contribution in [0.25, 0.3) is 0 Å². The molecule has 0 atom stereocenters. The van der Waals surface area contributed by atoms with Gasteiger partial charge in [-0.15, -0.1) is 0 Å². The standard InChI is InChI=1S/C5H8ClN3S/c6-4-3-9-5(10-4)8-2-1-7/h3H,1-2,7H2,(H,8,9). The van der Waals surface area contributed by atoms with Gasteiger partial charge in [0.15, 0.2) is 5.13 Å². The first kappa shape index (κ1) is 7.78.